The Morgan fingerprint density at radius 1 is 1.14 bits per heavy atom. The Balaban J connectivity index is 1.21. The second kappa shape index (κ2) is 13.3. The van der Waals surface area contributed by atoms with Crippen molar-refractivity contribution in [3.8, 4) is 28.6 Å². The summed E-state index contributed by atoms with van der Waals surface area (Å²) in [5, 5.41) is 9.07. The lowest BCUT2D eigenvalue weighted by molar-refractivity contribution is -0.274. The monoisotopic (exact) mass is 639 g/mol. The molecule has 226 valence electrons. The van der Waals surface area contributed by atoms with E-state index in [0.29, 0.717) is 34.7 Å². The van der Waals surface area contributed by atoms with E-state index in [-0.39, 0.29) is 22.5 Å². The van der Waals surface area contributed by atoms with Crippen LogP contribution in [0.5, 0.6) is 11.5 Å². The number of aromatic nitrogens is 3. The molecule has 5 rings (SSSR count). The lowest BCUT2D eigenvalue weighted by Gasteiger charge is -2.20. The van der Waals surface area contributed by atoms with Gasteiger partial charge >= 0.3 is 6.36 Å². The van der Waals surface area contributed by atoms with Gasteiger partial charge in [-0.05, 0) is 73.6 Å². The van der Waals surface area contributed by atoms with E-state index in [2.05, 4.69) is 30.3 Å². The standard InChI is InChI=1S/C29H24F3N7O3S2/c1-3-41-24-13-4-18(2)14-23(24)39-25(40)16-44-28(39)35-27(43)36-34-15-19-5-7-20(8-6-19)26-33-17-38(37-26)21-9-11-22(12-10-21)42-29(30,31)32/h4-15,17H,3,16H2,1-2H3,(H,36,43)/b34-15+,35-28?. The van der Waals surface area contributed by atoms with Crippen LogP contribution in [-0.2, 0) is 4.79 Å². The van der Waals surface area contributed by atoms with Crippen LogP contribution in [0.4, 0.5) is 18.9 Å². The molecule has 1 aliphatic heterocycles. The number of hydrazone groups is 1. The second-order valence-corrected chi connectivity index (χ2v) is 10.5. The first-order chi connectivity index (χ1) is 21.1. The molecule has 2 heterocycles. The van der Waals surface area contributed by atoms with E-state index in [1.165, 1.54) is 51.9 Å². The van der Waals surface area contributed by atoms with E-state index in [0.717, 1.165) is 16.7 Å². The van der Waals surface area contributed by atoms with E-state index >= 15 is 0 Å². The van der Waals surface area contributed by atoms with Crippen molar-refractivity contribution < 1.29 is 27.4 Å². The molecule has 0 spiro atoms. The summed E-state index contributed by atoms with van der Waals surface area (Å²) in [6.45, 7) is 4.26. The molecule has 0 atom stereocenters. The third-order valence-electron chi connectivity index (χ3n) is 5.99. The lowest BCUT2D eigenvalue weighted by Crippen LogP contribution is -2.31. The Hall–Kier alpha value is -4.76. The van der Waals surface area contributed by atoms with Crippen LogP contribution < -0.4 is 19.8 Å². The number of thiocarbonyl (C=S) groups is 1. The van der Waals surface area contributed by atoms with Gasteiger partial charge in [-0.25, -0.2) is 9.67 Å². The number of hydrogen-bond donors (Lipinski definition) is 1. The van der Waals surface area contributed by atoms with Crippen molar-refractivity contribution >= 4 is 52.1 Å². The molecule has 4 aromatic rings. The number of amides is 1. The molecule has 0 bridgehead atoms. The van der Waals surface area contributed by atoms with Crippen LogP contribution in [-0.4, -0.2) is 55.9 Å². The molecular formula is C29H24F3N7O3S2. The molecule has 3 aromatic carbocycles. The fraction of sp³-hybridized carbons (Fsp3) is 0.172. The number of ether oxygens (including phenoxy) is 2. The quantitative estimate of drug-likeness (QED) is 0.145. The number of hydrogen-bond acceptors (Lipinski definition) is 8. The van der Waals surface area contributed by atoms with Gasteiger partial charge in [0.15, 0.2) is 11.0 Å². The van der Waals surface area contributed by atoms with Gasteiger partial charge in [0.1, 0.15) is 17.8 Å². The van der Waals surface area contributed by atoms with Crippen molar-refractivity contribution in [3.05, 3.63) is 84.2 Å². The number of alkyl halides is 3. The Morgan fingerprint density at radius 3 is 2.59 bits per heavy atom. The molecule has 15 heteroatoms. The topological polar surface area (TPSA) is 106 Å². The summed E-state index contributed by atoms with van der Waals surface area (Å²) in [6.07, 6.45) is -1.74. The number of amidine groups is 1. The molecule has 1 N–H and O–H groups in total. The largest absolute Gasteiger partial charge is 0.573 e. The van der Waals surface area contributed by atoms with E-state index < -0.39 is 6.36 Å². The SMILES string of the molecule is CCOc1ccc(C)cc1N1C(=O)CSC1=NC(=S)N/N=C/c1ccc(-c2ncn(-c3ccc(OC(F)(F)F)cc3)n2)cc1. The Labute approximate surface area is 259 Å². The number of nitrogens with one attached hydrogen (secondary N) is 1. The van der Waals surface area contributed by atoms with Gasteiger partial charge in [0.05, 0.1) is 29.9 Å². The molecule has 0 aliphatic carbocycles. The average Bonchev–Trinajstić information content (AvgIpc) is 3.61. The number of carbonyl (C=O) groups is 1. The fourth-order valence-electron chi connectivity index (χ4n) is 4.07. The Morgan fingerprint density at radius 2 is 1.89 bits per heavy atom. The van der Waals surface area contributed by atoms with Gasteiger partial charge in [-0.15, -0.1) is 18.3 Å². The highest BCUT2D eigenvalue weighted by Gasteiger charge is 2.32. The van der Waals surface area contributed by atoms with Crippen molar-refractivity contribution in [2.45, 2.75) is 20.2 Å². The van der Waals surface area contributed by atoms with E-state index in [1.807, 2.05) is 32.0 Å². The van der Waals surface area contributed by atoms with E-state index in [9.17, 15) is 18.0 Å². The van der Waals surface area contributed by atoms with Crippen LogP contribution in [0.15, 0.2) is 83.2 Å². The summed E-state index contributed by atoms with van der Waals surface area (Å²) in [6, 6.07) is 18.1. The van der Waals surface area contributed by atoms with Crippen LogP contribution >= 0.6 is 24.0 Å². The minimum absolute atomic E-state index is 0.0819. The molecule has 1 saturated heterocycles. The van der Waals surface area contributed by atoms with Gasteiger partial charge in [0.2, 0.25) is 11.0 Å². The highest BCUT2D eigenvalue weighted by molar-refractivity contribution is 8.15. The number of halogens is 3. The van der Waals surface area contributed by atoms with E-state index in [4.69, 9.17) is 17.0 Å². The maximum absolute atomic E-state index is 12.7. The fourth-order valence-corrected chi connectivity index (χ4v) is 5.14. The Kier molecular flexibility index (Phi) is 9.25. The zero-order valence-corrected chi connectivity index (χ0v) is 24.9. The lowest BCUT2D eigenvalue weighted by atomic mass is 10.1. The third kappa shape index (κ3) is 7.60. The number of aryl methyl sites for hydroxylation is 1. The zero-order valence-electron chi connectivity index (χ0n) is 23.3. The maximum Gasteiger partial charge on any atom is 0.573 e. The minimum Gasteiger partial charge on any atom is -0.492 e. The highest BCUT2D eigenvalue weighted by Crippen LogP contribution is 2.35. The number of thioether (sulfide) groups is 1. The van der Waals surface area contributed by atoms with Gasteiger partial charge < -0.3 is 9.47 Å². The number of benzene rings is 3. The van der Waals surface area contributed by atoms with E-state index in [1.54, 1.807) is 30.5 Å². The minimum atomic E-state index is -4.76. The van der Waals surface area contributed by atoms with Crippen molar-refractivity contribution in [3.63, 3.8) is 0 Å². The van der Waals surface area contributed by atoms with Crippen molar-refractivity contribution in [1.29, 1.82) is 0 Å². The molecular weight excluding hydrogens is 615 g/mol. The van der Waals surface area contributed by atoms with Gasteiger partial charge in [-0.3, -0.25) is 15.1 Å². The maximum atomic E-state index is 12.7. The number of anilines is 1. The summed E-state index contributed by atoms with van der Waals surface area (Å²) in [4.78, 5) is 22.9. The molecule has 0 unspecified atom stereocenters. The van der Waals surface area contributed by atoms with Crippen molar-refractivity contribution in [1.82, 2.24) is 20.2 Å². The van der Waals surface area contributed by atoms with Crippen molar-refractivity contribution in [2.24, 2.45) is 10.1 Å². The summed E-state index contributed by atoms with van der Waals surface area (Å²) in [7, 11) is 0. The summed E-state index contributed by atoms with van der Waals surface area (Å²) < 4.78 is 48.2. The first-order valence-electron chi connectivity index (χ1n) is 13.1. The molecule has 44 heavy (non-hydrogen) atoms. The molecule has 10 nitrogen and oxygen atoms in total. The normalized spacial score (nSPS) is 14.4. The van der Waals surface area contributed by atoms with Gasteiger partial charge in [-0.1, -0.05) is 42.1 Å². The van der Waals surface area contributed by atoms with Crippen LogP contribution in [0.1, 0.15) is 18.1 Å². The number of aliphatic imine (C=N–C) groups is 1. The molecule has 0 saturated carbocycles. The molecule has 0 radical (unpaired) electrons. The number of nitrogens with zero attached hydrogens (tertiary/aromatic N) is 6. The summed E-state index contributed by atoms with van der Waals surface area (Å²) in [5.74, 6) is 0.785. The predicted molar refractivity (Wildman–Crippen MR) is 167 cm³/mol. The van der Waals surface area contributed by atoms with Gasteiger partial charge in [-0.2, -0.15) is 10.1 Å². The highest BCUT2D eigenvalue weighted by atomic mass is 32.2. The first kappa shape index (κ1) is 30.7. The average molecular weight is 640 g/mol. The molecule has 1 amide bonds. The Bertz CT molecular complexity index is 1720. The molecule has 1 aliphatic rings. The van der Waals surface area contributed by atoms with Crippen LogP contribution in [0.25, 0.3) is 17.1 Å². The zero-order chi connectivity index (χ0) is 31.3. The van der Waals surface area contributed by atoms with Crippen LogP contribution in [0, 0.1) is 6.92 Å². The van der Waals surface area contributed by atoms with Crippen molar-refractivity contribution in [2.75, 3.05) is 17.3 Å². The second-order valence-electron chi connectivity index (χ2n) is 9.17. The third-order valence-corrected chi connectivity index (χ3v) is 7.09. The summed E-state index contributed by atoms with van der Waals surface area (Å²) >= 11 is 6.62. The predicted octanol–water partition coefficient (Wildman–Crippen LogP) is 5.88. The molecule has 1 fully saturated rings. The van der Waals surface area contributed by atoms with Gasteiger partial charge in [0.25, 0.3) is 0 Å². The first-order valence-corrected chi connectivity index (χ1v) is 14.5. The summed E-state index contributed by atoms with van der Waals surface area (Å²) in [5.41, 5.74) is 6.29. The smallest absolute Gasteiger partial charge is 0.492 e. The molecule has 1 aromatic heterocycles. The van der Waals surface area contributed by atoms with Gasteiger partial charge in [0, 0.05) is 5.56 Å². The van der Waals surface area contributed by atoms with Crippen LogP contribution in [0.3, 0.4) is 0 Å². The number of carbonyl (C=O) groups excluding carboxylic acids is 1. The number of rotatable bonds is 8. The van der Waals surface area contributed by atoms with Crippen LogP contribution in [0.2, 0.25) is 0 Å².